The number of benzene rings is 3. The van der Waals surface area contributed by atoms with Crippen LogP contribution in [0.4, 0.5) is 9.59 Å². The highest BCUT2D eigenvalue weighted by atomic mass is 35.5. The highest BCUT2D eigenvalue weighted by molar-refractivity contribution is 6.42. The van der Waals surface area contributed by atoms with E-state index in [1.54, 1.807) is 17.0 Å². The molecule has 0 spiro atoms. The van der Waals surface area contributed by atoms with Crippen molar-refractivity contribution in [3.63, 3.8) is 0 Å². The Morgan fingerprint density at radius 1 is 0.951 bits per heavy atom. The zero-order chi connectivity index (χ0) is 29.7. The molecule has 3 aromatic carbocycles. The smallest absolute Gasteiger partial charge is 0.410 e. The summed E-state index contributed by atoms with van der Waals surface area (Å²) in [5.41, 5.74) is 4.62. The van der Waals surface area contributed by atoms with Gasteiger partial charge in [0.05, 0.1) is 22.6 Å². The van der Waals surface area contributed by atoms with E-state index in [1.165, 1.54) is 0 Å². The zero-order valence-corrected chi connectivity index (χ0v) is 25.8. The number of carbonyl (C=O) groups is 2. The largest absolute Gasteiger partial charge is 0.448 e. The van der Waals surface area contributed by atoms with Gasteiger partial charge in [-0.1, -0.05) is 104 Å². The first kappa shape index (κ1) is 30.7. The zero-order valence-electron chi connectivity index (χ0n) is 24.2. The lowest BCUT2D eigenvalue weighted by Gasteiger charge is -2.32. The van der Waals surface area contributed by atoms with E-state index in [4.69, 9.17) is 32.7 Å². The fourth-order valence-electron chi connectivity index (χ4n) is 5.11. The summed E-state index contributed by atoms with van der Waals surface area (Å²) in [6, 6.07) is 21.4. The van der Waals surface area contributed by atoms with Gasteiger partial charge in [0.2, 0.25) is 0 Å². The Morgan fingerprint density at radius 3 is 2.15 bits per heavy atom. The number of hydrogen-bond acceptors (Lipinski definition) is 4. The van der Waals surface area contributed by atoms with Crippen molar-refractivity contribution in [3.05, 3.63) is 93.5 Å². The third-order valence-corrected chi connectivity index (χ3v) is 8.30. The van der Waals surface area contributed by atoms with Crippen molar-refractivity contribution in [1.82, 2.24) is 10.2 Å². The Labute approximate surface area is 252 Å². The van der Waals surface area contributed by atoms with Crippen molar-refractivity contribution in [3.8, 4) is 11.1 Å². The second-order valence-corrected chi connectivity index (χ2v) is 12.3. The Kier molecular flexibility index (Phi) is 9.88. The maximum absolute atomic E-state index is 13.8. The van der Waals surface area contributed by atoms with Gasteiger partial charge in [0, 0.05) is 12.5 Å². The third-order valence-electron chi connectivity index (χ3n) is 7.44. The molecule has 2 amide bonds. The molecule has 0 saturated heterocycles. The van der Waals surface area contributed by atoms with E-state index >= 15 is 0 Å². The number of alkyl carbamates (subject to hydrolysis) is 1. The molecule has 1 aliphatic rings. The van der Waals surface area contributed by atoms with Crippen LogP contribution in [0.1, 0.15) is 63.6 Å². The molecule has 4 rings (SSSR count). The number of rotatable bonds is 9. The number of carbonyl (C=O) groups excluding carboxylic acids is 2. The minimum absolute atomic E-state index is 0.0567. The summed E-state index contributed by atoms with van der Waals surface area (Å²) >= 11 is 12.8. The third kappa shape index (κ3) is 7.55. The predicted molar refractivity (Wildman–Crippen MR) is 165 cm³/mol. The van der Waals surface area contributed by atoms with Crippen LogP contribution in [0, 0.1) is 5.92 Å². The predicted octanol–water partition coefficient (Wildman–Crippen LogP) is 8.68. The summed E-state index contributed by atoms with van der Waals surface area (Å²) in [4.78, 5) is 28.1. The molecule has 3 aromatic rings. The van der Waals surface area contributed by atoms with E-state index in [1.807, 2.05) is 65.0 Å². The molecule has 8 heteroatoms. The summed E-state index contributed by atoms with van der Waals surface area (Å²) in [6.45, 7) is 10.1. The van der Waals surface area contributed by atoms with Gasteiger partial charge in [0.1, 0.15) is 12.2 Å². The Balaban J connectivity index is 1.58. The minimum atomic E-state index is -0.648. The summed E-state index contributed by atoms with van der Waals surface area (Å²) in [7, 11) is 0. The monoisotopic (exact) mass is 596 g/mol. The second-order valence-electron chi connectivity index (χ2n) is 11.5. The molecule has 41 heavy (non-hydrogen) atoms. The second kappa shape index (κ2) is 13.2. The number of fused-ring (bicyclic) bond motifs is 3. The van der Waals surface area contributed by atoms with Gasteiger partial charge in [-0.15, -0.1) is 0 Å². The number of amides is 2. The van der Waals surface area contributed by atoms with Crippen molar-refractivity contribution in [2.45, 2.75) is 65.1 Å². The van der Waals surface area contributed by atoms with Crippen LogP contribution in [0.3, 0.4) is 0 Å². The lowest BCUT2D eigenvalue weighted by molar-refractivity contribution is 0.0453. The number of ether oxygens (including phenoxy) is 2. The molecule has 0 fully saturated rings. The highest BCUT2D eigenvalue weighted by Crippen LogP contribution is 2.44. The van der Waals surface area contributed by atoms with E-state index in [9.17, 15) is 9.59 Å². The standard InChI is InChI=1S/C33H38Cl2N2O4/c1-6-21(2)29(36-31(38)41-33(3,4)5)19-37(18-22-12-11-17-28(34)30(22)35)32(39)40-20-27-25-15-9-7-13-23(25)24-14-8-10-16-26(24)27/h7-17,21,27,29H,6,18-20H2,1-5H3,(H,36,38). The van der Waals surface area contributed by atoms with Gasteiger partial charge in [-0.2, -0.15) is 0 Å². The summed E-state index contributed by atoms with van der Waals surface area (Å²) in [5, 5.41) is 3.76. The number of hydrogen-bond donors (Lipinski definition) is 1. The summed E-state index contributed by atoms with van der Waals surface area (Å²) < 4.78 is 11.5. The van der Waals surface area contributed by atoms with E-state index in [0.717, 1.165) is 28.7 Å². The number of nitrogens with one attached hydrogen (secondary N) is 1. The Bertz CT molecular complexity index is 1340. The fourth-order valence-corrected chi connectivity index (χ4v) is 5.49. The van der Waals surface area contributed by atoms with E-state index < -0.39 is 17.8 Å². The van der Waals surface area contributed by atoms with E-state index in [2.05, 4.69) is 29.6 Å². The van der Waals surface area contributed by atoms with Crippen molar-refractivity contribution < 1.29 is 19.1 Å². The van der Waals surface area contributed by atoms with Crippen molar-refractivity contribution in [2.75, 3.05) is 13.2 Å². The molecule has 0 aromatic heterocycles. The molecule has 0 heterocycles. The number of halogens is 2. The van der Waals surface area contributed by atoms with Crippen LogP contribution in [-0.2, 0) is 16.0 Å². The van der Waals surface area contributed by atoms with E-state index in [-0.39, 0.29) is 37.6 Å². The van der Waals surface area contributed by atoms with Gasteiger partial charge < -0.3 is 19.7 Å². The van der Waals surface area contributed by atoms with Crippen molar-refractivity contribution >= 4 is 35.4 Å². The van der Waals surface area contributed by atoms with Crippen molar-refractivity contribution in [2.24, 2.45) is 5.92 Å². The van der Waals surface area contributed by atoms with Crippen LogP contribution in [0.2, 0.25) is 10.0 Å². The van der Waals surface area contributed by atoms with Gasteiger partial charge in [-0.05, 0) is 60.6 Å². The first-order valence-corrected chi connectivity index (χ1v) is 14.8. The summed E-state index contributed by atoms with van der Waals surface area (Å²) in [5.74, 6) is -0.0190. The molecular weight excluding hydrogens is 559 g/mol. The SMILES string of the molecule is CCC(C)C(CN(Cc1cccc(Cl)c1Cl)C(=O)OCC1c2ccccc2-c2ccccc21)NC(=O)OC(C)(C)C. The minimum Gasteiger partial charge on any atom is -0.448 e. The van der Waals surface area contributed by atoms with Crippen molar-refractivity contribution in [1.29, 1.82) is 0 Å². The number of nitrogens with zero attached hydrogens (tertiary/aromatic N) is 1. The van der Waals surface area contributed by atoms with Crippen LogP contribution >= 0.6 is 23.2 Å². The van der Waals surface area contributed by atoms with Crippen LogP contribution < -0.4 is 5.32 Å². The molecule has 0 aliphatic heterocycles. The molecule has 0 saturated carbocycles. The van der Waals surface area contributed by atoms with Crippen LogP contribution in [0.15, 0.2) is 66.7 Å². The van der Waals surface area contributed by atoms with Crippen LogP contribution in [0.25, 0.3) is 11.1 Å². The molecule has 2 unspecified atom stereocenters. The average molecular weight is 598 g/mol. The van der Waals surface area contributed by atoms with Gasteiger partial charge in [-0.25, -0.2) is 9.59 Å². The lowest BCUT2D eigenvalue weighted by Crippen LogP contribution is -2.50. The molecular formula is C33H38Cl2N2O4. The van der Waals surface area contributed by atoms with E-state index in [0.29, 0.717) is 15.6 Å². The molecule has 1 aliphatic carbocycles. The molecule has 0 bridgehead atoms. The quantitative estimate of drug-likeness (QED) is 0.268. The van der Waals surface area contributed by atoms with Gasteiger partial charge in [-0.3, -0.25) is 0 Å². The maximum Gasteiger partial charge on any atom is 0.410 e. The lowest BCUT2D eigenvalue weighted by atomic mass is 9.98. The fraction of sp³-hybridized carbons (Fsp3) is 0.394. The Morgan fingerprint density at radius 2 is 1.56 bits per heavy atom. The first-order chi connectivity index (χ1) is 19.5. The first-order valence-electron chi connectivity index (χ1n) is 14.0. The molecule has 6 nitrogen and oxygen atoms in total. The van der Waals surface area contributed by atoms with Gasteiger partial charge in [0.15, 0.2) is 0 Å². The molecule has 2 atom stereocenters. The van der Waals surface area contributed by atoms with Crippen LogP contribution in [-0.4, -0.2) is 41.9 Å². The molecule has 0 radical (unpaired) electrons. The topological polar surface area (TPSA) is 67.9 Å². The molecule has 1 N–H and O–H groups in total. The van der Waals surface area contributed by atoms with Gasteiger partial charge in [0.25, 0.3) is 0 Å². The summed E-state index contributed by atoms with van der Waals surface area (Å²) in [6.07, 6.45) is -0.241. The molecule has 218 valence electrons. The highest BCUT2D eigenvalue weighted by Gasteiger charge is 2.31. The maximum atomic E-state index is 13.8. The Hall–Kier alpha value is -3.22. The van der Waals surface area contributed by atoms with Crippen LogP contribution in [0.5, 0.6) is 0 Å². The normalized spacial score (nSPS) is 14.0. The average Bonchev–Trinajstić information content (AvgIpc) is 3.25. The van der Waals surface area contributed by atoms with Gasteiger partial charge >= 0.3 is 12.2 Å².